The van der Waals surface area contributed by atoms with E-state index >= 15 is 0 Å². The number of carbonyl (C=O) groups excluding carboxylic acids is 1. The standard InChI is InChI=1S/C16H22N4O3/c1-10(13-18-15(22)20-19-13)17-14(21)12-6-4-11(5-7-12)8-9-16(2,3)23/h4-7,10,23H,8-9H2,1-3H3,(H,17,21)(H2,18,19,20,22). The summed E-state index contributed by atoms with van der Waals surface area (Å²) in [6.07, 6.45) is 1.40. The molecule has 7 nitrogen and oxygen atoms in total. The Bertz CT molecular complexity index is 710. The maximum Gasteiger partial charge on any atom is 0.340 e. The van der Waals surface area contributed by atoms with Gasteiger partial charge in [-0.1, -0.05) is 12.1 Å². The van der Waals surface area contributed by atoms with Crippen molar-refractivity contribution in [2.45, 2.75) is 45.3 Å². The third-order valence-corrected chi connectivity index (χ3v) is 3.52. The van der Waals surface area contributed by atoms with Crippen molar-refractivity contribution < 1.29 is 9.90 Å². The van der Waals surface area contributed by atoms with Gasteiger partial charge in [0.2, 0.25) is 0 Å². The molecule has 4 N–H and O–H groups in total. The summed E-state index contributed by atoms with van der Waals surface area (Å²) in [7, 11) is 0. The lowest BCUT2D eigenvalue weighted by atomic mass is 9.98. The number of nitrogens with one attached hydrogen (secondary N) is 3. The molecule has 1 aromatic heterocycles. The quantitative estimate of drug-likeness (QED) is 0.643. The summed E-state index contributed by atoms with van der Waals surface area (Å²) in [6, 6.07) is 6.84. The largest absolute Gasteiger partial charge is 0.390 e. The zero-order valence-corrected chi connectivity index (χ0v) is 13.5. The van der Waals surface area contributed by atoms with Gasteiger partial charge in [0, 0.05) is 5.56 Å². The Labute approximate surface area is 134 Å². The normalized spacial score (nSPS) is 12.9. The van der Waals surface area contributed by atoms with Crippen LogP contribution in [-0.2, 0) is 6.42 Å². The monoisotopic (exact) mass is 318 g/mol. The van der Waals surface area contributed by atoms with Gasteiger partial charge in [0.1, 0.15) is 0 Å². The first-order valence-electron chi connectivity index (χ1n) is 7.51. The van der Waals surface area contributed by atoms with E-state index in [-0.39, 0.29) is 5.91 Å². The number of hydrogen-bond donors (Lipinski definition) is 4. The first-order valence-corrected chi connectivity index (χ1v) is 7.51. The lowest BCUT2D eigenvalue weighted by Gasteiger charge is -2.16. The molecule has 23 heavy (non-hydrogen) atoms. The zero-order valence-electron chi connectivity index (χ0n) is 13.5. The van der Waals surface area contributed by atoms with E-state index in [2.05, 4.69) is 20.5 Å². The molecule has 1 atom stereocenters. The van der Waals surface area contributed by atoms with Crippen LogP contribution >= 0.6 is 0 Å². The number of carbonyl (C=O) groups is 1. The van der Waals surface area contributed by atoms with Crippen molar-refractivity contribution >= 4 is 5.91 Å². The number of hydrogen-bond acceptors (Lipinski definition) is 4. The Morgan fingerprint density at radius 2 is 2.00 bits per heavy atom. The molecule has 1 amide bonds. The van der Waals surface area contributed by atoms with E-state index in [1.54, 1.807) is 32.9 Å². The molecule has 7 heteroatoms. The Balaban J connectivity index is 1.96. The highest BCUT2D eigenvalue weighted by Crippen LogP contribution is 2.14. The number of amides is 1. The fraction of sp³-hybridized carbons (Fsp3) is 0.438. The first kappa shape index (κ1) is 17.0. The van der Waals surface area contributed by atoms with E-state index in [9.17, 15) is 14.7 Å². The Hall–Kier alpha value is -2.41. The van der Waals surface area contributed by atoms with Gasteiger partial charge in [0.15, 0.2) is 5.82 Å². The molecule has 0 aliphatic rings. The van der Waals surface area contributed by atoms with E-state index in [0.29, 0.717) is 17.8 Å². The molecule has 2 rings (SSSR count). The van der Waals surface area contributed by atoms with Crippen LogP contribution in [0.25, 0.3) is 0 Å². The summed E-state index contributed by atoms with van der Waals surface area (Å²) in [5.41, 5.74) is 0.485. The van der Waals surface area contributed by atoms with Crippen molar-refractivity contribution in [2.75, 3.05) is 0 Å². The Morgan fingerprint density at radius 1 is 1.35 bits per heavy atom. The Kier molecular flexibility index (Phi) is 5.00. The molecule has 0 fully saturated rings. The van der Waals surface area contributed by atoms with Gasteiger partial charge >= 0.3 is 5.69 Å². The molecule has 0 aliphatic heterocycles. The second-order valence-corrected chi connectivity index (χ2v) is 6.27. The molecule has 0 saturated carbocycles. The minimum Gasteiger partial charge on any atom is -0.390 e. The van der Waals surface area contributed by atoms with Gasteiger partial charge in [-0.2, -0.15) is 5.10 Å². The van der Waals surface area contributed by atoms with Gasteiger partial charge in [-0.3, -0.25) is 9.78 Å². The summed E-state index contributed by atoms with van der Waals surface area (Å²) in [5, 5.41) is 18.6. The van der Waals surface area contributed by atoms with Crippen molar-refractivity contribution in [3.8, 4) is 0 Å². The summed E-state index contributed by atoms with van der Waals surface area (Å²) in [5.74, 6) is 0.139. The molecule has 124 valence electrons. The van der Waals surface area contributed by atoms with Crippen molar-refractivity contribution in [1.29, 1.82) is 0 Å². The maximum atomic E-state index is 12.2. The lowest BCUT2D eigenvalue weighted by Crippen LogP contribution is -2.27. The number of aromatic amines is 2. The van der Waals surface area contributed by atoms with E-state index in [0.717, 1.165) is 12.0 Å². The molecule has 2 aromatic rings. The fourth-order valence-corrected chi connectivity index (χ4v) is 2.11. The van der Waals surface area contributed by atoms with Crippen molar-refractivity contribution in [3.63, 3.8) is 0 Å². The third-order valence-electron chi connectivity index (χ3n) is 3.52. The first-order chi connectivity index (χ1) is 10.7. The molecule has 1 unspecified atom stereocenters. The molecule has 0 saturated heterocycles. The van der Waals surface area contributed by atoms with E-state index in [1.165, 1.54) is 0 Å². The number of H-pyrrole nitrogens is 2. The van der Waals surface area contributed by atoms with Crippen LogP contribution in [0.5, 0.6) is 0 Å². The zero-order chi connectivity index (χ0) is 17.0. The average molecular weight is 318 g/mol. The number of benzene rings is 1. The van der Waals surface area contributed by atoms with Crippen LogP contribution in [0.1, 0.15) is 55.0 Å². The van der Waals surface area contributed by atoms with Crippen molar-refractivity contribution in [1.82, 2.24) is 20.5 Å². The van der Waals surface area contributed by atoms with Gasteiger partial charge < -0.3 is 10.4 Å². The van der Waals surface area contributed by atoms with Gasteiger partial charge in [-0.25, -0.2) is 9.89 Å². The summed E-state index contributed by atoms with van der Waals surface area (Å²) >= 11 is 0. The lowest BCUT2D eigenvalue weighted by molar-refractivity contribution is 0.0713. The van der Waals surface area contributed by atoms with Gasteiger partial charge in [0.25, 0.3) is 5.91 Å². The predicted octanol–water partition coefficient (Wildman–Crippen LogP) is 1.29. The highest BCUT2D eigenvalue weighted by Gasteiger charge is 2.15. The molecular formula is C16H22N4O3. The topological polar surface area (TPSA) is 111 Å². The maximum absolute atomic E-state index is 12.2. The van der Waals surface area contributed by atoms with Crippen LogP contribution in [0.4, 0.5) is 0 Å². The summed E-state index contributed by atoms with van der Waals surface area (Å²) in [6.45, 7) is 5.28. The van der Waals surface area contributed by atoms with Gasteiger partial charge in [-0.05, 0) is 51.3 Å². The number of nitrogens with zero attached hydrogens (tertiary/aromatic N) is 1. The number of aromatic nitrogens is 3. The summed E-state index contributed by atoms with van der Waals surface area (Å²) < 4.78 is 0. The van der Waals surface area contributed by atoms with Crippen LogP contribution in [0.2, 0.25) is 0 Å². The summed E-state index contributed by atoms with van der Waals surface area (Å²) in [4.78, 5) is 25.7. The second-order valence-electron chi connectivity index (χ2n) is 6.27. The van der Waals surface area contributed by atoms with Crippen LogP contribution in [-0.4, -0.2) is 31.8 Å². The molecule has 0 spiro atoms. The molecule has 0 aliphatic carbocycles. The average Bonchev–Trinajstić information content (AvgIpc) is 2.91. The smallest absolute Gasteiger partial charge is 0.340 e. The van der Waals surface area contributed by atoms with Crippen molar-refractivity contribution in [2.24, 2.45) is 0 Å². The van der Waals surface area contributed by atoms with E-state index < -0.39 is 17.3 Å². The van der Waals surface area contributed by atoms with E-state index in [1.807, 2.05) is 12.1 Å². The van der Waals surface area contributed by atoms with Crippen LogP contribution in [0, 0.1) is 0 Å². The molecule has 0 radical (unpaired) electrons. The fourth-order valence-electron chi connectivity index (χ4n) is 2.11. The number of aliphatic hydroxyl groups is 1. The third kappa shape index (κ3) is 5.07. The molecule has 0 bridgehead atoms. The highest BCUT2D eigenvalue weighted by molar-refractivity contribution is 5.94. The van der Waals surface area contributed by atoms with Gasteiger partial charge in [0.05, 0.1) is 11.6 Å². The van der Waals surface area contributed by atoms with E-state index in [4.69, 9.17) is 0 Å². The number of aryl methyl sites for hydroxylation is 1. The van der Waals surface area contributed by atoms with Crippen LogP contribution in [0.15, 0.2) is 29.1 Å². The Morgan fingerprint density at radius 3 is 2.52 bits per heavy atom. The minimum atomic E-state index is -0.702. The van der Waals surface area contributed by atoms with Gasteiger partial charge in [-0.15, -0.1) is 0 Å². The minimum absolute atomic E-state index is 0.240. The van der Waals surface area contributed by atoms with Crippen LogP contribution in [0.3, 0.4) is 0 Å². The second kappa shape index (κ2) is 6.78. The van der Waals surface area contributed by atoms with Crippen LogP contribution < -0.4 is 11.0 Å². The molecular weight excluding hydrogens is 296 g/mol. The highest BCUT2D eigenvalue weighted by atomic mass is 16.3. The van der Waals surface area contributed by atoms with Crippen molar-refractivity contribution in [3.05, 3.63) is 51.7 Å². The number of rotatable bonds is 6. The SMILES string of the molecule is CC(NC(=O)c1ccc(CCC(C)(C)O)cc1)c1n[nH]c(=O)[nH]1. The molecule has 1 heterocycles. The molecule has 1 aromatic carbocycles. The predicted molar refractivity (Wildman–Crippen MR) is 86.2 cm³/mol.